The zero-order chi connectivity index (χ0) is 9.90. The van der Waals surface area contributed by atoms with Gasteiger partial charge in [-0.3, -0.25) is 0 Å². The van der Waals surface area contributed by atoms with E-state index in [-0.39, 0.29) is 5.82 Å². The van der Waals surface area contributed by atoms with Crippen LogP contribution in [0.25, 0.3) is 0 Å². The lowest BCUT2D eigenvalue weighted by Crippen LogP contribution is -2.35. The fourth-order valence-electron chi connectivity index (χ4n) is 0.522. The second-order valence-corrected chi connectivity index (χ2v) is 3.34. The average Bonchev–Trinajstić information content (AvgIpc) is 2.05. The van der Waals surface area contributed by atoms with Crippen molar-refractivity contribution >= 4 is 35.0 Å². The standard InChI is InChI=1S/C5H4Cl2N4O2/c6-5(7,4(12)13)9-3-1-2-8-11-10-3/h1-2H,(H,12,13)(H,8,9,10). The number of rotatable bonds is 3. The summed E-state index contributed by atoms with van der Waals surface area (Å²) in [5.74, 6) is -1.29. The van der Waals surface area contributed by atoms with Gasteiger partial charge in [0.05, 0.1) is 6.20 Å². The number of carboxylic acid groups (broad SMARTS) is 1. The summed E-state index contributed by atoms with van der Waals surface area (Å²) in [4.78, 5) is 10.4. The van der Waals surface area contributed by atoms with E-state index >= 15 is 0 Å². The Bertz CT molecular complexity index is 305. The van der Waals surface area contributed by atoms with Crippen molar-refractivity contribution in [1.82, 2.24) is 15.4 Å². The summed E-state index contributed by atoms with van der Waals surface area (Å²) in [5.41, 5.74) is 0. The third-order valence-corrected chi connectivity index (χ3v) is 1.57. The molecule has 6 nitrogen and oxygen atoms in total. The second kappa shape index (κ2) is 3.71. The normalized spacial score (nSPS) is 10.9. The van der Waals surface area contributed by atoms with E-state index in [0.29, 0.717) is 0 Å². The third kappa shape index (κ3) is 2.67. The molecule has 0 bridgehead atoms. The van der Waals surface area contributed by atoms with Crippen LogP contribution in [0.4, 0.5) is 5.82 Å². The van der Waals surface area contributed by atoms with Crippen molar-refractivity contribution in [2.45, 2.75) is 4.46 Å². The van der Waals surface area contributed by atoms with Crippen LogP contribution in [0.15, 0.2) is 12.3 Å². The highest BCUT2D eigenvalue weighted by Gasteiger charge is 2.33. The van der Waals surface area contributed by atoms with Gasteiger partial charge in [-0.25, -0.2) is 4.79 Å². The lowest BCUT2D eigenvalue weighted by atomic mass is 10.5. The average molecular weight is 223 g/mol. The van der Waals surface area contributed by atoms with Crippen molar-refractivity contribution in [2.75, 3.05) is 5.32 Å². The molecule has 13 heavy (non-hydrogen) atoms. The lowest BCUT2D eigenvalue weighted by Gasteiger charge is -2.15. The molecule has 1 heterocycles. The molecule has 0 aliphatic rings. The summed E-state index contributed by atoms with van der Waals surface area (Å²) in [6.45, 7) is 0. The number of aromatic nitrogens is 3. The molecule has 0 aliphatic heterocycles. The molecule has 0 aliphatic carbocycles. The van der Waals surface area contributed by atoms with Gasteiger partial charge in [0.1, 0.15) is 0 Å². The topological polar surface area (TPSA) is 88.0 Å². The number of nitrogens with zero attached hydrogens (tertiary/aromatic N) is 3. The Hall–Kier alpha value is -1.14. The molecule has 1 rings (SSSR count). The number of carbonyl (C=O) groups is 1. The van der Waals surface area contributed by atoms with E-state index in [1.807, 2.05) is 0 Å². The smallest absolute Gasteiger partial charge is 0.361 e. The molecule has 0 atom stereocenters. The number of nitrogens with one attached hydrogen (secondary N) is 1. The molecule has 0 unspecified atom stereocenters. The first kappa shape index (κ1) is 9.94. The Balaban J connectivity index is 2.75. The number of anilines is 1. The summed E-state index contributed by atoms with van der Waals surface area (Å²) in [7, 11) is 0. The van der Waals surface area contributed by atoms with Gasteiger partial charge in [-0.2, -0.15) is 0 Å². The molecule has 70 valence electrons. The third-order valence-electron chi connectivity index (χ3n) is 1.06. The number of halogens is 2. The minimum Gasteiger partial charge on any atom is -0.478 e. The Morgan fingerprint density at radius 3 is 2.77 bits per heavy atom. The molecule has 1 aromatic heterocycles. The van der Waals surface area contributed by atoms with Crippen LogP contribution >= 0.6 is 23.2 Å². The predicted molar refractivity (Wildman–Crippen MR) is 45.5 cm³/mol. The molecule has 0 radical (unpaired) electrons. The van der Waals surface area contributed by atoms with E-state index in [1.54, 1.807) is 0 Å². The van der Waals surface area contributed by atoms with Crippen LogP contribution in [-0.4, -0.2) is 30.9 Å². The summed E-state index contributed by atoms with van der Waals surface area (Å²) >= 11 is 10.7. The fraction of sp³-hybridized carbons (Fsp3) is 0.200. The molecule has 0 amide bonds. The monoisotopic (exact) mass is 222 g/mol. The number of alkyl halides is 2. The first-order valence-corrected chi connectivity index (χ1v) is 3.82. The maximum absolute atomic E-state index is 10.4. The van der Waals surface area contributed by atoms with E-state index in [0.717, 1.165) is 0 Å². The van der Waals surface area contributed by atoms with Gasteiger partial charge < -0.3 is 10.4 Å². The highest BCUT2D eigenvalue weighted by Crippen LogP contribution is 2.22. The Morgan fingerprint density at radius 2 is 2.31 bits per heavy atom. The van der Waals surface area contributed by atoms with Crippen LogP contribution < -0.4 is 5.32 Å². The van der Waals surface area contributed by atoms with Crippen LogP contribution in [-0.2, 0) is 4.79 Å². The quantitative estimate of drug-likeness (QED) is 0.572. The molecule has 0 saturated carbocycles. The SMILES string of the molecule is O=C(O)C(Cl)(Cl)Nc1ccnnn1. The lowest BCUT2D eigenvalue weighted by molar-refractivity contribution is -0.137. The van der Waals surface area contributed by atoms with E-state index in [4.69, 9.17) is 28.3 Å². The fourth-order valence-corrected chi connectivity index (χ4v) is 0.716. The van der Waals surface area contributed by atoms with Crippen molar-refractivity contribution in [3.8, 4) is 0 Å². The summed E-state index contributed by atoms with van der Waals surface area (Å²) < 4.78 is -2.12. The van der Waals surface area contributed by atoms with Gasteiger partial charge in [0, 0.05) is 6.07 Å². The number of hydrogen-bond acceptors (Lipinski definition) is 5. The summed E-state index contributed by atoms with van der Waals surface area (Å²) in [6, 6.07) is 1.38. The van der Waals surface area contributed by atoms with Crippen molar-refractivity contribution in [3.05, 3.63) is 12.3 Å². The van der Waals surface area contributed by atoms with Gasteiger partial charge in [-0.1, -0.05) is 23.2 Å². The van der Waals surface area contributed by atoms with Crippen LogP contribution in [0.2, 0.25) is 0 Å². The molecular formula is C5H4Cl2N4O2. The Morgan fingerprint density at radius 1 is 1.62 bits per heavy atom. The highest BCUT2D eigenvalue weighted by molar-refractivity contribution is 6.58. The Kier molecular flexibility index (Phi) is 2.84. The molecule has 0 aromatic carbocycles. The predicted octanol–water partition coefficient (Wildman–Crippen LogP) is 0.499. The number of hydrogen-bond donors (Lipinski definition) is 2. The van der Waals surface area contributed by atoms with Gasteiger partial charge in [0.2, 0.25) is 0 Å². The zero-order valence-electron chi connectivity index (χ0n) is 6.11. The largest absolute Gasteiger partial charge is 0.478 e. The van der Waals surface area contributed by atoms with Gasteiger partial charge in [-0.05, 0) is 5.21 Å². The minimum absolute atomic E-state index is 0.127. The maximum Gasteiger partial charge on any atom is 0.361 e. The van der Waals surface area contributed by atoms with Crippen molar-refractivity contribution in [3.63, 3.8) is 0 Å². The van der Waals surface area contributed by atoms with Crippen molar-refractivity contribution < 1.29 is 9.90 Å². The van der Waals surface area contributed by atoms with Crippen molar-refractivity contribution in [2.24, 2.45) is 0 Å². The highest BCUT2D eigenvalue weighted by atomic mass is 35.5. The molecule has 8 heteroatoms. The zero-order valence-corrected chi connectivity index (χ0v) is 7.62. The summed E-state index contributed by atoms with van der Waals surface area (Å²) in [5, 5.41) is 20.8. The van der Waals surface area contributed by atoms with Crippen LogP contribution in [0.1, 0.15) is 0 Å². The van der Waals surface area contributed by atoms with Crippen LogP contribution in [0, 0.1) is 0 Å². The van der Waals surface area contributed by atoms with E-state index < -0.39 is 10.4 Å². The van der Waals surface area contributed by atoms with Crippen molar-refractivity contribution in [1.29, 1.82) is 0 Å². The van der Waals surface area contributed by atoms with E-state index in [2.05, 4.69) is 20.7 Å². The molecule has 0 saturated heterocycles. The number of carboxylic acids is 1. The van der Waals surface area contributed by atoms with Gasteiger partial charge in [0.15, 0.2) is 5.82 Å². The van der Waals surface area contributed by atoms with Gasteiger partial charge >= 0.3 is 5.97 Å². The second-order valence-electron chi connectivity index (χ2n) is 2.01. The molecule has 2 N–H and O–H groups in total. The molecule has 1 aromatic rings. The maximum atomic E-state index is 10.4. The van der Waals surface area contributed by atoms with Crippen LogP contribution in [0.3, 0.4) is 0 Å². The first-order valence-electron chi connectivity index (χ1n) is 3.06. The van der Waals surface area contributed by atoms with Gasteiger partial charge in [0.25, 0.3) is 4.46 Å². The molecular weight excluding hydrogens is 219 g/mol. The Labute approximate surface area is 82.9 Å². The number of aliphatic carboxylic acids is 1. The minimum atomic E-state index is -2.12. The van der Waals surface area contributed by atoms with E-state index in [9.17, 15) is 4.79 Å². The molecule has 0 spiro atoms. The van der Waals surface area contributed by atoms with Crippen LogP contribution in [0.5, 0.6) is 0 Å². The first-order chi connectivity index (χ1) is 6.02. The van der Waals surface area contributed by atoms with E-state index in [1.165, 1.54) is 12.3 Å². The van der Waals surface area contributed by atoms with Gasteiger partial charge in [-0.15, -0.1) is 10.2 Å². The molecule has 0 fully saturated rings. The summed E-state index contributed by atoms with van der Waals surface area (Å²) in [6.07, 6.45) is 1.32.